The van der Waals surface area contributed by atoms with Crippen molar-refractivity contribution in [1.29, 1.82) is 0 Å². The van der Waals surface area contributed by atoms with Crippen molar-refractivity contribution < 1.29 is 4.74 Å². The fraction of sp³-hybridized carbons (Fsp3) is 1.00. The summed E-state index contributed by atoms with van der Waals surface area (Å²) >= 11 is 0. The molecule has 2 atom stereocenters. The van der Waals surface area contributed by atoms with Crippen LogP contribution in [0.3, 0.4) is 0 Å². The summed E-state index contributed by atoms with van der Waals surface area (Å²) in [6.07, 6.45) is 9.36. The van der Waals surface area contributed by atoms with Crippen LogP contribution in [0.15, 0.2) is 0 Å². The maximum Gasteiger partial charge on any atom is 0.0753 e. The van der Waals surface area contributed by atoms with E-state index in [0.29, 0.717) is 6.10 Å². The molecule has 90 valence electrons. The molecule has 1 fully saturated rings. The van der Waals surface area contributed by atoms with Gasteiger partial charge in [0.15, 0.2) is 0 Å². The van der Waals surface area contributed by atoms with E-state index in [4.69, 9.17) is 10.5 Å². The molecule has 1 saturated carbocycles. The lowest BCUT2D eigenvalue weighted by atomic mass is 9.82. The molecule has 0 amide bonds. The lowest BCUT2D eigenvalue weighted by Crippen LogP contribution is -2.42. The number of ether oxygens (including phenoxy) is 1. The quantitative estimate of drug-likeness (QED) is 0.736. The predicted molar refractivity (Wildman–Crippen MR) is 64.9 cm³/mol. The molecule has 0 bridgehead atoms. The lowest BCUT2D eigenvalue weighted by molar-refractivity contribution is -0.0109. The summed E-state index contributed by atoms with van der Waals surface area (Å²) in [5.41, 5.74) is 6.22. The number of nitrogens with two attached hydrogens (primary N) is 1. The van der Waals surface area contributed by atoms with E-state index in [1.54, 1.807) is 0 Å². The molecule has 1 aliphatic rings. The minimum absolute atomic E-state index is 0.248. The summed E-state index contributed by atoms with van der Waals surface area (Å²) in [4.78, 5) is 0. The second-order valence-corrected chi connectivity index (χ2v) is 4.77. The summed E-state index contributed by atoms with van der Waals surface area (Å²) in [7, 11) is 0. The molecule has 0 spiro atoms. The van der Waals surface area contributed by atoms with Gasteiger partial charge in [-0.15, -0.1) is 0 Å². The molecule has 2 heteroatoms. The molecule has 0 heterocycles. The fourth-order valence-electron chi connectivity index (χ4n) is 2.76. The fourth-order valence-corrected chi connectivity index (χ4v) is 2.76. The first-order chi connectivity index (χ1) is 7.29. The molecule has 0 aromatic heterocycles. The molecule has 0 saturated heterocycles. The van der Waals surface area contributed by atoms with Gasteiger partial charge in [-0.1, -0.05) is 32.6 Å². The van der Waals surface area contributed by atoms with Gasteiger partial charge in [0.05, 0.1) is 6.10 Å². The van der Waals surface area contributed by atoms with Gasteiger partial charge in [0.1, 0.15) is 0 Å². The summed E-state index contributed by atoms with van der Waals surface area (Å²) in [6, 6.07) is 0.248. The first-order valence-electron chi connectivity index (χ1n) is 6.66. The Hall–Kier alpha value is -0.0800. The van der Waals surface area contributed by atoms with Crippen LogP contribution in [0, 0.1) is 5.92 Å². The number of hydrogen-bond donors (Lipinski definition) is 1. The van der Waals surface area contributed by atoms with E-state index in [0.717, 1.165) is 25.4 Å². The van der Waals surface area contributed by atoms with Crippen LogP contribution in [0.2, 0.25) is 0 Å². The Morgan fingerprint density at radius 2 is 1.87 bits per heavy atom. The zero-order valence-electron chi connectivity index (χ0n) is 10.4. The van der Waals surface area contributed by atoms with Gasteiger partial charge in [-0.3, -0.25) is 0 Å². The van der Waals surface area contributed by atoms with Crippen LogP contribution < -0.4 is 5.73 Å². The van der Waals surface area contributed by atoms with Gasteiger partial charge < -0.3 is 10.5 Å². The average molecular weight is 213 g/mol. The van der Waals surface area contributed by atoms with Crippen LogP contribution in [0.1, 0.15) is 58.8 Å². The second-order valence-electron chi connectivity index (χ2n) is 4.77. The Morgan fingerprint density at radius 1 is 1.20 bits per heavy atom. The van der Waals surface area contributed by atoms with Gasteiger partial charge in [-0.25, -0.2) is 0 Å². The Bertz CT molecular complexity index is 155. The maximum atomic E-state index is 6.22. The predicted octanol–water partition coefficient (Wildman–Crippen LogP) is 3.10. The highest BCUT2D eigenvalue weighted by Crippen LogP contribution is 2.29. The standard InChI is InChI=1S/C13H27NO/c1-3-8-12(14)13(15-4-2)11-9-6-5-7-10-11/h11-13H,3-10,14H2,1-2H3/t12-,13?/m0/s1. The molecule has 0 aromatic carbocycles. The van der Waals surface area contributed by atoms with Crippen LogP contribution in [0.25, 0.3) is 0 Å². The van der Waals surface area contributed by atoms with E-state index < -0.39 is 0 Å². The normalized spacial score (nSPS) is 22.6. The van der Waals surface area contributed by atoms with Crippen molar-refractivity contribution in [3.05, 3.63) is 0 Å². The molecule has 15 heavy (non-hydrogen) atoms. The molecule has 0 radical (unpaired) electrons. The SMILES string of the molecule is CCC[C@H](N)C(OCC)C1CCCCC1. The van der Waals surface area contributed by atoms with E-state index in [9.17, 15) is 0 Å². The van der Waals surface area contributed by atoms with Crippen molar-refractivity contribution in [1.82, 2.24) is 0 Å². The molecule has 1 rings (SSSR count). The van der Waals surface area contributed by atoms with Gasteiger partial charge >= 0.3 is 0 Å². The lowest BCUT2D eigenvalue weighted by Gasteiger charge is -2.33. The van der Waals surface area contributed by atoms with Crippen molar-refractivity contribution >= 4 is 0 Å². The van der Waals surface area contributed by atoms with Gasteiger partial charge in [-0.2, -0.15) is 0 Å². The zero-order chi connectivity index (χ0) is 11.1. The van der Waals surface area contributed by atoms with Crippen LogP contribution in [0.4, 0.5) is 0 Å². The van der Waals surface area contributed by atoms with Gasteiger partial charge in [0, 0.05) is 12.6 Å². The Morgan fingerprint density at radius 3 is 2.40 bits per heavy atom. The minimum atomic E-state index is 0.248. The van der Waals surface area contributed by atoms with Crippen molar-refractivity contribution in [2.75, 3.05) is 6.61 Å². The highest BCUT2D eigenvalue weighted by Gasteiger charge is 2.28. The van der Waals surface area contributed by atoms with Gasteiger partial charge in [0.25, 0.3) is 0 Å². The molecule has 1 aliphatic carbocycles. The first-order valence-corrected chi connectivity index (χ1v) is 6.66. The van der Waals surface area contributed by atoms with Crippen LogP contribution in [-0.4, -0.2) is 18.8 Å². The highest BCUT2D eigenvalue weighted by atomic mass is 16.5. The third kappa shape index (κ3) is 4.12. The third-order valence-corrected chi connectivity index (χ3v) is 3.52. The Kier molecular flexibility index (Phi) is 6.26. The van der Waals surface area contributed by atoms with Crippen LogP contribution in [0.5, 0.6) is 0 Å². The molecular formula is C13H27NO. The van der Waals surface area contributed by atoms with Crippen LogP contribution >= 0.6 is 0 Å². The summed E-state index contributed by atoms with van der Waals surface area (Å²) in [5, 5.41) is 0. The van der Waals surface area contributed by atoms with E-state index >= 15 is 0 Å². The largest absolute Gasteiger partial charge is 0.377 e. The molecule has 0 aromatic rings. The summed E-state index contributed by atoms with van der Waals surface area (Å²) in [5.74, 6) is 0.722. The molecule has 1 unspecified atom stereocenters. The molecule has 2 nitrogen and oxygen atoms in total. The smallest absolute Gasteiger partial charge is 0.0753 e. The molecule has 2 N–H and O–H groups in total. The van der Waals surface area contributed by atoms with Crippen LogP contribution in [-0.2, 0) is 4.74 Å². The molecule has 0 aliphatic heterocycles. The van der Waals surface area contributed by atoms with Crippen molar-refractivity contribution in [3.63, 3.8) is 0 Å². The van der Waals surface area contributed by atoms with Gasteiger partial charge in [-0.05, 0) is 32.1 Å². The van der Waals surface area contributed by atoms with E-state index in [-0.39, 0.29) is 6.04 Å². The van der Waals surface area contributed by atoms with Gasteiger partial charge in [0.2, 0.25) is 0 Å². The Labute approximate surface area is 94.6 Å². The monoisotopic (exact) mass is 213 g/mol. The van der Waals surface area contributed by atoms with Crippen molar-refractivity contribution in [2.45, 2.75) is 70.9 Å². The molecular weight excluding hydrogens is 186 g/mol. The van der Waals surface area contributed by atoms with E-state index in [1.165, 1.54) is 32.1 Å². The first kappa shape index (κ1) is 13.0. The number of hydrogen-bond acceptors (Lipinski definition) is 2. The summed E-state index contributed by atoms with van der Waals surface area (Å²) < 4.78 is 5.87. The van der Waals surface area contributed by atoms with Crippen molar-refractivity contribution in [3.8, 4) is 0 Å². The second kappa shape index (κ2) is 7.24. The number of rotatable bonds is 6. The topological polar surface area (TPSA) is 35.2 Å². The minimum Gasteiger partial charge on any atom is -0.377 e. The maximum absolute atomic E-state index is 6.22. The zero-order valence-corrected chi connectivity index (χ0v) is 10.4. The Balaban J connectivity index is 2.46. The highest BCUT2D eigenvalue weighted by molar-refractivity contribution is 4.82. The van der Waals surface area contributed by atoms with E-state index in [1.807, 2.05) is 0 Å². The summed E-state index contributed by atoms with van der Waals surface area (Å²) in [6.45, 7) is 5.08. The van der Waals surface area contributed by atoms with E-state index in [2.05, 4.69) is 13.8 Å². The average Bonchev–Trinajstić information content (AvgIpc) is 2.27. The third-order valence-electron chi connectivity index (χ3n) is 3.52. The van der Waals surface area contributed by atoms with Crippen molar-refractivity contribution in [2.24, 2.45) is 11.7 Å².